The van der Waals surface area contributed by atoms with Gasteiger partial charge in [-0.2, -0.15) is 0 Å². The van der Waals surface area contributed by atoms with E-state index in [-0.39, 0.29) is 23.8 Å². The molecule has 1 aromatic rings. The van der Waals surface area contributed by atoms with Gasteiger partial charge in [-0.25, -0.2) is 0 Å². The SMILES string of the molecule is CN(C)C(CNC(=O)C1CCC(=O)NC1)c1cccs1. The first-order valence-electron chi connectivity index (χ1n) is 6.82. The Bertz CT molecular complexity index is 449. The van der Waals surface area contributed by atoms with E-state index in [4.69, 9.17) is 0 Å². The maximum absolute atomic E-state index is 12.1. The first-order valence-corrected chi connectivity index (χ1v) is 7.70. The summed E-state index contributed by atoms with van der Waals surface area (Å²) in [5.41, 5.74) is 0. The smallest absolute Gasteiger partial charge is 0.224 e. The van der Waals surface area contributed by atoms with Crippen LogP contribution in [0.3, 0.4) is 0 Å². The normalized spacial score (nSPS) is 20.6. The number of nitrogens with zero attached hydrogens (tertiary/aromatic N) is 1. The molecule has 0 aliphatic carbocycles. The molecule has 2 amide bonds. The number of amides is 2. The van der Waals surface area contributed by atoms with E-state index >= 15 is 0 Å². The fourth-order valence-electron chi connectivity index (χ4n) is 2.32. The predicted molar refractivity (Wildman–Crippen MR) is 79.5 cm³/mol. The van der Waals surface area contributed by atoms with Gasteiger partial charge in [0.05, 0.1) is 12.0 Å². The maximum Gasteiger partial charge on any atom is 0.224 e. The van der Waals surface area contributed by atoms with Gasteiger partial charge in [-0.15, -0.1) is 11.3 Å². The number of carbonyl (C=O) groups excluding carboxylic acids is 2. The lowest BCUT2D eigenvalue weighted by molar-refractivity contribution is -0.129. The van der Waals surface area contributed by atoms with Gasteiger partial charge in [-0.3, -0.25) is 9.59 Å². The van der Waals surface area contributed by atoms with Crippen molar-refractivity contribution in [3.05, 3.63) is 22.4 Å². The average molecular weight is 295 g/mol. The van der Waals surface area contributed by atoms with E-state index in [0.717, 1.165) is 0 Å². The Hall–Kier alpha value is -1.40. The maximum atomic E-state index is 12.1. The zero-order chi connectivity index (χ0) is 14.5. The molecule has 0 spiro atoms. The third kappa shape index (κ3) is 3.80. The number of carbonyl (C=O) groups is 2. The molecule has 1 aliphatic rings. The first-order chi connectivity index (χ1) is 9.58. The standard InChI is InChI=1S/C14H21N3O2S/c1-17(2)11(12-4-3-7-20-12)9-16-14(19)10-5-6-13(18)15-8-10/h3-4,7,10-11H,5-6,8-9H2,1-2H3,(H,15,18)(H,16,19). The van der Waals surface area contributed by atoms with Gasteiger partial charge in [0, 0.05) is 24.4 Å². The van der Waals surface area contributed by atoms with Gasteiger partial charge < -0.3 is 15.5 Å². The largest absolute Gasteiger partial charge is 0.355 e. The van der Waals surface area contributed by atoms with Crippen LogP contribution >= 0.6 is 11.3 Å². The van der Waals surface area contributed by atoms with Crippen molar-refractivity contribution in [2.24, 2.45) is 5.92 Å². The molecule has 6 heteroatoms. The molecule has 0 aromatic carbocycles. The quantitative estimate of drug-likeness (QED) is 0.852. The van der Waals surface area contributed by atoms with Gasteiger partial charge in [-0.05, 0) is 32.0 Å². The summed E-state index contributed by atoms with van der Waals surface area (Å²) in [6, 6.07) is 4.30. The Morgan fingerprint density at radius 2 is 2.40 bits per heavy atom. The van der Waals surface area contributed by atoms with Crippen LogP contribution in [0.5, 0.6) is 0 Å². The van der Waals surface area contributed by atoms with Crippen molar-refractivity contribution in [3.63, 3.8) is 0 Å². The molecule has 1 saturated heterocycles. The molecule has 0 radical (unpaired) electrons. The van der Waals surface area contributed by atoms with Crippen LogP contribution in [-0.4, -0.2) is 43.9 Å². The van der Waals surface area contributed by atoms with Crippen LogP contribution in [0.2, 0.25) is 0 Å². The molecule has 1 aliphatic heterocycles. The molecule has 0 bridgehead atoms. The second-order valence-electron chi connectivity index (χ2n) is 5.28. The molecule has 20 heavy (non-hydrogen) atoms. The highest BCUT2D eigenvalue weighted by Crippen LogP contribution is 2.22. The van der Waals surface area contributed by atoms with Crippen molar-refractivity contribution >= 4 is 23.2 Å². The van der Waals surface area contributed by atoms with Gasteiger partial charge in [0.1, 0.15) is 0 Å². The van der Waals surface area contributed by atoms with Crippen LogP contribution in [0.25, 0.3) is 0 Å². The lowest BCUT2D eigenvalue weighted by Crippen LogP contribution is -2.44. The third-order valence-electron chi connectivity index (χ3n) is 3.60. The number of hydrogen-bond donors (Lipinski definition) is 2. The predicted octanol–water partition coefficient (Wildman–Crippen LogP) is 0.993. The Labute approximate surface area is 123 Å². The molecule has 2 atom stereocenters. The van der Waals surface area contributed by atoms with Crippen molar-refractivity contribution in [2.75, 3.05) is 27.2 Å². The Morgan fingerprint density at radius 1 is 1.60 bits per heavy atom. The van der Waals surface area contributed by atoms with E-state index in [1.165, 1.54) is 4.88 Å². The molecule has 1 fully saturated rings. The van der Waals surface area contributed by atoms with Crippen LogP contribution in [0.1, 0.15) is 23.8 Å². The van der Waals surface area contributed by atoms with Crippen molar-refractivity contribution in [1.29, 1.82) is 0 Å². The molecule has 2 N–H and O–H groups in total. The fourth-order valence-corrected chi connectivity index (χ4v) is 3.24. The molecule has 1 aromatic heterocycles. The highest BCUT2D eigenvalue weighted by atomic mass is 32.1. The Kier molecular flexibility index (Phi) is 5.14. The molecule has 2 unspecified atom stereocenters. The topological polar surface area (TPSA) is 61.4 Å². The minimum atomic E-state index is -0.0983. The van der Waals surface area contributed by atoms with E-state index in [2.05, 4.69) is 21.6 Å². The molecule has 110 valence electrons. The Morgan fingerprint density at radius 3 is 2.95 bits per heavy atom. The van der Waals surface area contributed by atoms with Crippen LogP contribution in [-0.2, 0) is 9.59 Å². The number of rotatable bonds is 5. The first kappa shape index (κ1) is 15.0. The van der Waals surface area contributed by atoms with Crippen molar-refractivity contribution in [2.45, 2.75) is 18.9 Å². The summed E-state index contributed by atoms with van der Waals surface area (Å²) in [6.45, 7) is 1.05. The summed E-state index contributed by atoms with van der Waals surface area (Å²) in [6.07, 6.45) is 1.09. The van der Waals surface area contributed by atoms with Gasteiger partial charge in [0.2, 0.25) is 11.8 Å². The van der Waals surface area contributed by atoms with E-state index < -0.39 is 0 Å². The minimum absolute atomic E-state index is 0.0356. The van der Waals surface area contributed by atoms with E-state index in [1.807, 2.05) is 25.5 Å². The molecule has 0 saturated carbocycles. The highest BCUT2D eigenvalue weighted by Gasteiger charge is 2.25. The van der Waals surface area contributed by atoms with Gasteiger partial charge in [-0.1, -0.05) is 6.07 Å². The number of thiophene rings is 1. The van der Waals surface area contributed by atoms with Crippen LogP contribution in [0.4, 0.5) is 0 Å². The minimum Gasteiger partial charge on any atom is -0.355 e. The van der Waals surface area contributed by atoms with E-state index in [1.54, 1.807) is 11.3 Å². The monoisotopic (exact) mass is 295 g/mol. The van der Waals surface area contributed by atoms with Crippen LogP contribution in [0, 0.1) is 5.92 Å². The van der Waals surface area contributed by atoms with Gasteiger partial charge >= 0.3 is 0 Å². The van der Waals surface area contributed by atoms with Gasteiger partial charge in [0.25, 0.3) is 0 Å². The van der Waals surface area contributed by atoms with Crippen molar-refractivity contribution in [1.82, 2.24) is 15.5 Å². The van der Waals surface area contributed by atoms with Crippen LogP contribution < -0.4 is 10.6 Å². The molecule has 5 nitrogen and oxygen atoms in total. The summed E-state index contributed by atoms with van der Waals surface area (Å²) in [4.78, 5) is 26.6. The van der Waals surface area contributed by atoms with Crippen molar-refractivity contribution < 1.29 is 9.59 Å². The van der Waals surface area contributed by atoms with E-state index in [9.17, 15) is 9.59 Å². The highest BCUT2D eigenvalue weighted by molar-refractivity contribution is 7.10. The molecular formula is C14H21N3O2S. The van der Waals surface area contributed by atoms with E-state index in [0.29, 0.717) is 25.9 Å². The van der Waals surface area contributed by atoms with Gasteiger partial charge in [0.15, 0.2) is 0 Å². The summed E-state index contributed by atoms with van der Waals surface area (Å²) < 4.78 is 0. The summed E-state index contributed by atoms with van der Waals surface area (Å²) in [5.74, 6) is -0.0222. The summed E-state index contributed by atoms with van der Waals surface area (Å²) >= 11 is 1.70. The average Bonchev–Trinajstić information content (AvgIpc) is 2.93. The summed E-state index contributed by atoms with van der Waals surface area (Å²) in [7, 11) is 4.02. The fraction of sp³-hybridized carbons (Fsp3) is 0.571. The lowest BCUT2D eigenvalue weighted by Gasteiger charge is -2.26. The Balaban J connectivity index is 1.86. The van der Waals surface area contributed by atoms with Crippen molar-refractivity contribution in [3.8, 4) is 0 Å². The second-order valence-corrected chi connectivity index (χ2v) is 6.26. The number of nitrogens with one attached hydrogen (secondary N) is 2. The molecular weight excluding hydrogens is 274 g/mol. The summed E-state index contributed by atoms with van der Waals surface area (Å²) in [5, 5.41) is 7.80. The van der Waals surface area contributed by atoms with Crippen LogP contribution in [0.15, 0.2) is 17.5 Å². The number of hydrogen-bond acceptors (Lipinski definition) is 4. The lowest BCUT2D eigenvalue weighted by atomic mass is 9.98. The molecule has 2 rings (SSSR count). The third-order valence-corrected chi connectivity index (χ3v) is 4.57. The zero-order valence-electron chi connectivity index (χ0n) is 11.9. The zero-order valence-corrected chi connectivity index (χ0v) is 12.7. The molecule has 2 heterocycles. The number of piperidine rings is 1. The second kappa shape index (κ2) is 6.85. The number of likely N-dealkylation sites (N-methyl/N-ethyl adjacent to an activating group) is 1.